The van der Waals surface area contributed by atoms with Crippen molar-refractivity contribution >= 4 is 28.4 Å². The van der Waals surface area contributed by atoms with Gasteiger partial charge in [-0.3, -0.25) is 14.3 Å². The number of rotatable bonds is 5. The highest BCUT2D eigenvalue weighted by molar-refractivity contribution is 6.31. The van der Waals surface area contributed by atoms with Crippen LogP contribution >= 0.6 is 11.6 Å². The Balaban J connectivity index is 1.56. The van der Waals surface area contributed by atoms with E-state index >= 15 is 0 Å². The lowest BCUT2D eigenvalue weighted by molar-refractivity contribution is -0.122. The van der Waals surface area contributed by atoms with Crippen molar-refractivity contribution in [3.63, 3.8) is 0 Å². The van der Waals surface area contributed by atoms with Crippen LogP contribution in [0, 0.1) is 12.7 Å². The van der Waals surface area contributed by atoms with Crippen LogP contribution in [0.25, 0.3) is 10.9 Å². The first-order valence-electron chi connectivity index (χ1n) is 9.05. The number of carbonyl (C=O) groups excluding carboxylic acids is 1. The van der Waals surface area contributed by atoms with Gasteiger partial charge in [0.1, 0.15) is 12.4 Å². The molecule has 2 aromatic heterocycles. The zero-order valence-electron chi connectivity index (χ0n) is 15.4. The van der Waals surface area contributed by atoms with E-state index in [9.17, 15) is 14.0 Å². The first kappa shape index (κ1) is 18.6. The molecule has 4 rings (SSSR count). The third kappa shape index (κ3) is 3.28. The Morgan fingerprint density at radius 2 is 2.18 bits per heavy atom. The van der Waals surface area contributed by atoms with Crippen molar-refractivity contribution in [3.05, 3.63) is 56.8 Å². The predicted molar refractivity (Wildman–Crippen MR) is 103 cm³/mol. The van der Waals surface area contributed by atoms with Crippen LogP contribution in [0.2, 0.25) is 5.02 Å². The second kappa shape index (κ2) is 7.01. The molecule has 1 amide bonds. The van der Waals surface area contributed by atoms with Crippen LogP contribution in [0.15, 0.2) is 29.2 Å². The van der Waals surface area contributed by atoms with Gasteiger partial charge in [-0.1, -0.05) is 17.7 Å². The van der Waals surface area contributed by atoms with Gasteiger partial charge in [0.2, 0.25) is 5.91 Å². The van der Waals surface area contributed by atoms with Gasteiger partial charge < -0.3 is 5.32 Å². The quantitative estimate of drug-likeness (QED) is 0.710. The van der Waals surface area contributed by atoms with Crippen molar-refractivity contribution in [1.82, 2.24) is 24.9 Å². The Bertz CT molecular complexity index is 1120. The Kier molecular flexibility index (Phi) is 4.66. The molecule has 28 heavy (non-hydrogen) atoms. The largest absolute Gasteiger partial charge is 0.348 e. The summed E-state index contributed by atoms with van der Waals surface area (Å²) in [5.74, 6) is -0.965. The molecule has 1 unspecified atom stereocenters. The van der Waals surface area contributed by atoms with E-state index < -0.39 is 17.8 Å². The van der Waals surface area contributed by atoms with Crippen LogP contribution in [0.1, 0.15) is 43.1 Å². The molecule has 146 valence electrons. The number of benzene rings is 1. The second-order valence-corrected chi connectivity index (χ2v) is 7.46. The minimum Gasteiger partial charge on any atom is -0.348 e. The summed E-state index contributed by atoms with van der Waals surface area (Å²) in [5.41, 5.74) is 1.14. The number of fused-ring (bicyclic) bond motifs is 1. The lowest BCUT2D eigenvalue weighted by atomic mass is 10.1. The number of carbonyl (C=O) groups is 1. The van der Waals surface area contributed by atoms with Crippen molar-refractivity contribution in [1.29, 1.82) is 0 Å². The molecule has 1 N–H and O–H groups in total. The smallest absolute Gasteiger partial charge is 0.278 e. The Hall–Kier alpha value is -2.74. The van der Waals surface area contributed by atoms with Gasteiger partial charge in [0.25, 0.3) is 5.56 Å². The van der Waals surface area contributed by atoms with E-state index in [2.05, 4.69) is 15.5 Å². The maximum absolute atomic E-state index is 14.0. The molecule has 1 atom stereocenters. The molecule has 0 saturated heterocycles. The number of amides is 1. The number of hydrogen-bond acceptors (Lipinski definition) is 4. The molecule has 7 nitrogen and oxygen atoms in total. The second-order valence-electron chi connectivity index (χ2n) is 7.05. The molecule has 1 aliphatic rings. The number of hydrogen-bond donors (Lipinski definition) is 1. The molecule has 2 heterocycles. The van der Waals surface area contributed by atoms with E-state index in [1.54, 1.807) is 26.1 Å². The zero-order chi connectivity index (χ0) is 20.0. The number of aryl methyl sites for hydroxylation is 1. The maximum atomic E-state index is 14.0. The third-order valence-electron chi connectivity index (χ3n) is 4.89. The molecule has 0 radical (unpaired) electrons. The van der Waals surface area contributed by atoms with E-state index in [0.29, 0.717) is 22.6 Å². The van der Waals surface area contributed by atoms with Crippen LogP contribution < -0.4 is 10.9 Å². The van der Waals surface area contributed by atoms with Crippen LogP contribution in [-0.4, -0.2) is 25.5 Å². The van der Waals surface area contributed by atoms with Gasteiger partial charge in [0.15, 0.2) is 0 Å². The standard InChI is InChI=1S/C19H19ClFN5O2/c1-10(17-13(20)4-3-5-14(17)21)23-16(27)9-25-19(28)18-11(2)24-26(12-6-7-12)15(18)8-22-25/h3-5,8,10,12H,6-7,9H2,1-2H3,(H,23,27). The first-order chi connectivity index (χ1) is 13.4. The number of nitrogens with one attached hydrogen (secondary N) is 1. The zero-order valence-corrected chi connectivity index (χ0v) is 16.2. The molecule has 9 heteroatoms. The fraction of sp³-hybridized carbons (Fsp3) is 0.368. The first-order valence-corrected chi connectivity index (χ1v) is 9.43. The molecular formula is C19H19ClFN5O2. The molecule has 1 fully saturated rings. The summed E-state index contributed by atoms with van der Waals surface area (Å²) in [6, 6.07) is 4.01. The maximum Gasteiger partial charge on any atom is 0.278 e. The van der Waals surface area contributed by atoms with E-state index in [-0.39, 0.29) is 22.7 Å². The Morgan fingerprint density at radius 3 is 2.86 bits per heavy atom. The van der Waals surface area contributed by atoms with Gasteiger partial charge in [-0.2, -0.15) is 10.2 Å². The van der Waals surface area contributed by atoms with E-state index in [1.165, 1.54) is 12.1 Å². The fourth-order valence-electron chi connectivity index (χ4n) is 3.39. The van der Waals surface area contributed by atoms with Gasteiger partial charge in [0.05, 0.1) is 34.9 Å². The van der Waals surface area contributed by atoms with Gasteiger partial charge in [-0.05, 0) is 38.8 Å². The average molecular weight is 404 g/mol. The van der Waals surface area contributed by atoms with Gasteiger partial charge in [0, 0.05) is 10.6 Å². The molecule has 0 spiro atoms. The molecule has 1 aliphatic carbocycles. The topological polar surface area (TPSA) is 81.8 Å². The molecule has 1 saturated carbocycles. The third-order valence-corrected chi connectivity index (χ3v) is 5.22. The van der Waals surface area contributed by atoms with E-state index in [4.69, 9.17) is 11.6 Å². The van der Waals surface area contributed by atoms with Crippen molar-refractivity contribution < 1.29 is 9.18 Å². The summed E-state index contributed by atoms with van der Waals surface area (Å²) in [5, 5.41) is 11.9. The molecule has 1 aromatic carbocycles. The minimum absolute atomic E-state index is 0.204. The monoisotopic (exact) mass is 403 g/mol. The lowest BCUT2D eigenvalue weighted by Crippen LogP contribution is -2.35. The molecule has 0 aliphatic heterocycles. The van der Waals surface area contributed by atoms with Gasteiger partial charge in [-0.25, -0.2) is 9.07 Å². The summed E-state index contributed by atoms with van der Waals surface area (Å²) in [4.78, 5) is 25.2. The highest BCUT2D eigenvalue weighted by Gasteiger charge is 2.28. The van der Waals surface area contributed by atoms with Gasteiger partial charge >= 0.3 is 0 Å². The highest BCUT2D eigenvalue weighted by atomic mass is 35.5. The summed E-state index contributed by atoms with van der Waals surface area (Å²) in [7, 11) is 0. The number of halogens is 2. The predicted octanol–water partition coefficient (Wildman–Crippen LogP) is 2.91. The van der Waals surface area contributed by atoms with Crippen molar-refractivity contribution in [2.75, 3.05) is 0 Å². The molecular weight excluding hydrogens is 385 g/mol. The normalized spacial score (nSPS) is 15.0. The van der Waals surface area contributed by atoms with Crippen LogP contribution in [-0.2, 0) is 11.3 Å². The van der Waals surface area contributed by atoms with Crippen molar-refractivity contribution in [2.45, 2.75) is 45.3 Å². The van der Waals surface area contributed by atoms with Crippen LogP contribution in [0.5, 0.6) is 0 Å². The van der Waals surface area contributed by atoms with Crippen molar-refractivity contribution in [2.24, 2.45) is 0 Å². The van der Waals surface area contributed by atoms with Crippen LogP contribution in [0.3, 0.4) is 0 Å². The summed E-state index contributed by atoms with van der Waals surface area (Å²) in [6.07, 6.45) is 3.65. The highest BCUT2D eigenvalue weighted by Crippen LogP contribution is 2.36. The van der Waals surface area contributed by atoms with E-state index in [1.807, 2.05) is 4.68 Å². The van der Waals surface area contributed by atoms with Crippen LogP contribution in [0.4, 0.5) is 4.39 Å². The van der Waals surface area contributed by atoms with E-state index in [0.717, 1.165) is 17.5 Å². The van der Waals surface area contributed by atoms with Gasteiger partial charge in [-0.15, -0.1) is 0 Å². The lowest BCUT2D eigenvalue weighted by Gasteiger charge is -2.16. The SMILES string of the molecule is Cc1nn(C2CC2)c2cnn(CC(=O)NC(C)c3c(F)cccc3Cl)c(=O)c12. The van der Waals surface area contributed by atoms with Crippen molar-refractivity contribution in [3.8, 4) is 0 Å². The Labute approximate surface area is 165 Å². The molecule has 0 bridgehead atoms. The number of aromatic nitrogens is 4. The summed E-state index contributed by atoms with van der Waals surface area (Å²) >= 11 is 6.04. The summed E-state index contributed by atoms with van der Waals surface area (Å²) in [6.45, 7) is 3.12. The fourth-order valence-corrected chi connectivity index (χ4v) is 3.72. The average Bonchev–Trinajstić information content (AvgIpc) is 3.41. The Morgan fingerprint density at radius 1 is 1.43 bits per heavy atom. The summed E-state index contributed by atoms with van der Waals surface area (Å²) < 4.78 is 17.0. The molecule has 3 aromatic rings. The number of nitrogens with zero attached hydrogens (tertiary/aromatic N) is 4. The minimum atomic E-state index is -0.653.